The lowest BCUT2D eigenvalue weighted by atomic mass is 10.1. The largest absolute Gasteiger partial charge is 0.465 e. The molecule has 1 aromatic heterocycles. The number of ether oxygens (including phenoxy) is 1. The van der Waals surface area contributed by atoms with Crippen molar-refractivity contribution in [3.8, 4) is 0 Å². The van der Waals surface area contributed by atoms with Crippen molar-refractivity contribution in [2.75, 3.05) is 26.5 Å². The van der Waals surface area contributed by atoms with Crippen molar-refractivity contribution in [3.63, 3.8) is 0 Å². The van der Waals surface area contributed by atoms with Crippen LogP contribution in [0.5, 0.6) is 0 Å². The molecule has 6 nitrogen and oxygen atoms in total. The topological polar surface area (TPSA) is 70.7 Å². The first-order valence-corrected chi connectivity index (χ1v) is 10.5. The van der Waals surface area contributed by atoms with Crippen molar-refractivity contribution in [2.45, 2.75) is 32.7 Å². The number of hydrogen-bond donors (Lipinski definition) is 2. The molecule has 0 aliphatic heterocycles. The summed E-state index contributed by atoms with van der Waals surface area (Å²) >= 11 is 6.63. The van der Waals surface area contributed by atoms with Gasteiger partial charge in [0.05, 0.1) is 17.6 Å². The van der Waals surface area contributed by atoms with Crippen LogP contribution >= 0.6 is 23.6 Å². The molecule has 0 bridgehead atoms. The molecule has 2 aromatic rings. The monoisotopic (exact) mass is 433 g/mol. The number of esters is 1. The third-order valence-electron chi connectivity index (χ3n) is 4.45. The first-order valence-electron chi connectivity index (χ1n) is 9.29. The van der Waals surface area contributed by atoms with Crippen LogP contribution in [0.1, 0.15) is 44.5 Å². The molecule has 0 fully saturated rings. The van der Waals surface area contributed by atoms with Crippen LogP contribution in [0.25, 0.3) is 0 Å². The molecule has 156 valence electrons. The van der Waals surface area contributed by atoms with Crippen LogP contribution in [-0.4, -0.2) is 49.1 Å². The number of anilines is 1. The smallest absolute Gasteiger partial charge is 0.341 e. The maximum Gasteiger partial charge on any atom is 0.341 e. The number of aryl methyl sites for hydroxylation is 1. The Hall–Kier alpha value is -2.45. The van der Waals surface area contributed by atoms with Crippen LogP contribution in [0.4, 0.5) is 5.00 Å². The predicted molar refractivity (Wildman–Crippen MR) is 122 cm³/mol. The number of amides is 1. The van der Waals surface area contributed by atoms with E-state index in [0.717, 1.165) is 12.8 Å². The summed E-state index contributed by atoms with van der Waals surface area (Å²) in [5, 5.41) is 7.23. The number of rotatable bonds is 7. The Morgan fingerprint density at radius 1 is 1.24 bits per heavy atom. The van der Waals surface area contributed by atoms with Crippen molar-refractivity contribution in [3.05, 3.63) is 51.9 Å². The number of benzene rings is 1. The number of carbonyl (C=O) groups is 2. The van der Waals surface area contributed by atoms with Gasteiger partial charge in [0.1, 0.15) is 5.00 Å². The zero-order valence-corrected chi connectivity index (χ0v) is 19.0. The molecular weight excluding hydrogens is 406 g/mol. The minimum atomic E-state index is -0.501. The van der Waals surface area contributed by atoms with E-state index in [1.54, 1.807) is 21.0 Å². The Balaban J connectivity index is 2.09. The molecule has 0 saturated heterocycles. The van der Waals surface area contributed by atoms with Crippen LogP contribution in [0.3, 0.4) is 0 Å². The number of carbonyl (C=O) groups excluding carboxylic acids is 2. The molecule has 1 atom stereocenters. The minimum Gasteiger partial charge on any atom is -0.465 e. The van der Waals surface area contributed by atoms with Crippen LogP contribution < -0.4 is 10.6 Å². The van der Waals surface area contributed by atoms with Crippen molar-refractivity contribution in [2.24, 2.45) is 0 Å². The maximum absolute atomic E-state index is 12.4. The normalized spacial score (nSPS) is 11.5. The molecule has 2 rings (SSSR count). The molecule has 1 aromatic carbocycles. The third kappa shape index (κ3) is 6.01. The maximum atomic E-state index is 12.4. The number of nitrogens with zero attached hydrogens (tertiary/aromatic N) is 1. The highest BCUT2D eigenvalue weighted by Crippen LogP contribution is 2.34. The average molecular weight is 434 g/mol. The Morgan fingerprint density at radius 2 is 1.90 bits per heavy atom. The first-order chi connectivity index (χ1) is 13.7. The number of thiocarbonyl (C=S) groups is 1. The van der Waals surface area contributed by atoms with Gasteiger partial charge in [-0.3, -0.25) is 4.79 Å². The van der Waals surface area contributed by atoms with E-state index in [4.69, 9.17) is 17.0 Å². The zero-order valence-electron chi connectivity index (χ0n) is 17.4. The minimum absolute atomic E-state index is 0.140. The van der Waals surface area contributed by atoms with Crippen LogP contribution in [0, 0.1) is 6.92 Å². The molecule has 29 heavy (non-hydrogen) atoms. The molecule has 0 radical (unpaired) electrons. The van der Waals surface area contributed by atoms with Gasteiger partial charge in [-0.15, -0.1) is 11.3 Å². The molecule has 0 saturated carbocycles. The highest BCUT2D eigenvalue weighted by molar-refractivity contribution is 7.80. The molecule has 1 amide bonds. The van der Waals surface area contributed by atoms with Gasteiger partial charge in [-0.1, -0.05) is 30.3 Å². The average Bonchev–Trinajstić information content (AvgIpc) is 3.01. The van der Waals surface area contributed by atoms with Crippen molar-refractivity contribution in [1.29, 1.82) is 0 Å². The summed E-state index contributed by atoms with van der Waals surface area (Å²) in [6.07, 6.45) is 1.84. The Bertz CT molecular complexity index is 879. The van der Waals surface area contributed by atoms with E-state index in [1.807, 2.05) is 18.2 Å². The third-order valence-corrected chi connectivity index (χ3v) is 5.87. The van der Waals surface area contributed by atoms with E-state index in [1.165, 1.54) is 28.9 Å². The van der Waals surface area contributed by atoms with E-state index in [9.17, 15) is 9.59 Å². The lowest BCUT2D eigenvalue weighted by Gasteiger charge is -2.17. The van der Waals surface area contributed by atoms with Gasteiger partial charge in [0.15, 0.2) is 5.11 Å². The number of hydrogen-bond acceptors (Lipinski definition) is 5. The lowest BCUT2D eigenvalue weighted by molar-refractivity contribution is 0.0601. The van der Waals surface area contributed by atoms with E-state index in [2.05, 4.69) is 29.7 Å². The molecule has 1 heterocycles. The summed E-state index contributed by atoms with van der Waals surface area (Å²) in [7, 11) is 4.67. The lowest BCUT2D eigenvalue weighted by Crippen LogP contribution is -2.36. The van der Waals surface area contributed by atoms with Gasteiger partial charge in [-0.2, -0.15) is 0 Å². The SMILES string of the molecule is COC(=O)c1c(NC(=S)NC(C)CCc2ccccc2)sc(C(=O)N(C)C)c1C. The van der Waals surface area contributed by atoms with Crippen LogP contribution in [0.15, 0.2) is 30.3 Å². The summed E-state index contributed by atoms with van der Waals surface area (Å²) in [6.45, 7) is 3.79. The van der Waals surface area contributed by atoms with Gasteiger partial charge in [-0.25, -0.2) is 4.79 Å². The summed E-state index contributed by atoms with van der Waals surface area (Å²) in [6, 6.07) is 10.4. The summed E-state index contributed by atoms with van der Waals surface area (Å²) in [4.78, 5) is 26.7. The molecule has 0 spiro atoms. The second-order valence-corrected chi connectivity index (χ2v) is 8.40. The second-order valence-electron chi connectivity index (χ2n) is 6.98. The number of nitrogens with one attached hydrogen (secondary N) is 2. The number of thiophene rings is 1. The fourth-order valence-electron chi connectivity index (χ4n) is 2.82. The van der Waals surface area contributed by atoms with Gasteiger partial charge in [-0.05, 0) is 50.0 Å². The fourth-order valence-corrected chi connectivity index (χ4v) is 4.41. The molecular formula is C21H27N3O3S2. The van der Waals surface area contributed by atoms with Crippen LogP contribution in [0.2, 0.25) is 0 Å². The molecule has 8 heteroatoms. The molecule has 2 N–H and O–H groups in total. The van der Waals surface area contributed by atoms with Crippen molar-refractivity contribution >= 4 is 45.5 Å². The highest BCUT2D eigenvalue weighted by atomic mass is 32.1. The van der Waals surface area contributed by atoms with Gasteiger partial charge < -0.3 is 20.3 Å². The van der Waals surface area contributed by atoms with Crippen molar-refractivity contribution in [1.82, 2.24) is 10.2 Å². The van der Waals surface area contributed by atoms with Crippen molar-refractivity contribution < 1.29 is 14.3 Å². The summed E-state index contributed by atoms with van der Waals surface area (Å²) in [5.74, 6) is -0.667. The van der Waals surface area contributed by atoms with E-state index in [-0.39, 0.29) is 11.9 Å². The molecule has 0 aliphatic rings. The Morgan fingerprint density at radius 3 is 2.48 bits per heavy atom. The molecule has 0 aliphatic carbocycles. The van der Waals surface area contributed by atoms with Crippen LogP contribution in [-0.2, 0) is 11.2 Å². The van der Waals surface area contributed by atoms with Gasteiger partial charge in [0.25, 0.3) is 5.91 Å². The fraction of sp³-hybridized carbons (Fsp3) is 0.381. The second kappa shape index (κ2) is 10.4. The number of methoxy groups -OCH3 is 1. The summed E-state index contributed by atoms with van der Waals surface area (Å²) in [5.41, 5.74) is 2.19. The van der Waals surface area contributed by atoms with E-state index < -0.39 is 5.97 Å². The van der Waals surface area contributed by atoms with Gasteiger partial charge in [0, 0.05) is 20.1 Å². The summed E-state index contributed by atoms with van der Waals surface area (Å²) < 4.78 is 4.90. The van der Waals surface area contributed by atoms with E-state index in [0.29, 0.717) is 26.1 Å². The predicted octanol–water partition coefficient (Wildman–Crippen LogP) is 3.85. The van der Waals surface area contributed by atoms with Gasteiger partial charge >= 0.3 is 5.97 Å². The first kappa shape index (κ1) is 22.8. The standard InChI is InChI=1S/C21H27N3O3S2/c1-13(11-12-15-9-7-6-8-10-15)22-21(28)23-18-16(20(26)27-5)14(2)17(29-18)19(25)24(3)4/h6-10,13H,11-12H2,1-5H3,(H2,22,23,28). The Kier molecular flexibility index (Phi) is 8.16. The quantitative estimate of drug-likeness (QED) is 0.511. The highest BCUT2D eigenvalue weighted by Gasteiger charge is 2.26. The van der Waals surface area contributed by atoms with Gasteiger partial charge in [0.2, 0.25) is 0 Å². The Labute approximate surface area is 181 Å². The van der Waals surface area contributed by atoms with E-state index >= 15 is 0 Å². The molecule has 1 unspecified atom stereocenters. The zero-order chi connectivity index (χ0) is 21.6.